The molecule has 1 fully saturated rings. The van der Waals surface area contributed by atoms with Crippen molar-refractivity contribution in [2.45, 2.75) is 12.8 Å². The zero-order valence-electron chi connectivity index (χ0n) is 13.0. The number of amides is 1. The van der Waals surface area contributed by atoms with Gasteiger partial charge in [0.25, 0.3) is 0 Å². The lowest BCUT2D eigenvalue weighted by atomic mass is 10.1. The van der Waals surface area contributed by atoms with Crippen LogP contribution in [0.4, 0.5) is 5.69 Å². The first-order valence-corrected chi connectivity index (χ1v) is 7.39. The van der Waals surface area contributed by atoms with Gasteiger partial charge in [-0.2, -0.15) is 0 Å². The van der Waals surface area contributed by atoms with Gasteiger partial charge in [0.1, 0.15) is 0 Å². The highest BCUT2D eigenvalue weighted by molar-refractivity contribution is 6.23. The molecule has 0 atom stereocenters. The van der Waals surface area contributed by atoms with Gasteiger partial charge in [-0.1, -0.05) is 18.7 Å². The van der Waals surface area contributed by atoms with Gasteiger partial charge in [0.05, 0.1) is 6.54 Å². The van der Waals surface area contributed by atoms with Crippen LogP contribution in [-0.2, 0) is 4.79 Å². The van der Waals surface area contributed by atoms with Gasteiger partial charge in [-0.3, -0.25) is 14.7 Å². The van der Waals surface area contributed by atoms with Crippen LogP contribution in [0, 0.1) is 0 Å². The lowest BCUT2D eigenvalue weighted by Gasteiger charge is -2.14. The number of nitrogens with zero attached hydrogens (tertiary/aromatic N) is 3. The van der Waals surface area contributed by atoms with E-state index in [4.69, 9.17) is 0 Å². The molecule has 1 aromatic carbocycles. The molecule has 0 saturated carbocycles. The first-order chi connectivity index (χ1) is 10.6. The van der Waals surface area contributed by atoms with Gasteiger partial charge in [0, 0.05) is 18.3 Å². The molecule has 1 aromatic rings. The van der Waals surface area contributed by atoms with Crippen molar-refractivity contribution in [3.05, 3.63) is 36.4 Å². The maximum Gasteiger partial charge on any atom is 0.238 e. The summed E-state index contributed by atoms with van der Waals surface area (Å²) in [6.45, 7) is 9.94. The fraction of sp³-hybridized carbons (Fsp3) is 0.353. The molecule has 1 aliphatic rings. The van der Waals surface area contributed by atoms with Crippen molar-refractivity contribution in [1.29, 1.82) is 0 Å². The number of aliphatic imine (C=N–C) groups is 2. The molecule has 22 heavy (non-hydrogen) atoms. The number of carbonyl (C=O) groups excluding carboxylic acids is 1. The van der Waals surface area contributed by atoms with Gasteiger partial charge in [-0.05, 0) is 50.3 Å². The van der Waals surface area contributed by atoms with Crippen molar-refractivity contribution in [2.75, 3.05) is 32.0 Å². The number of benzene rings is 1. The summed E-state index contributed by atoms with van der Waals surface area (Å²) < 4.78 is 0. The molecule has 0 spiro atoms. The van der Waals surface area contributed by atoms with Crippen molar-refractivity contribution in [3.63, 3.8) is 0 Å². The van der Waals surface area contributed by atoms with Gasteiger partial charge in [0.2, 0.25) is 5.91 Å². The monoisotopic (exact) mass is 298 g/mol. The van der Waals surface area contributed by atoms with E-state index in [1.54, 1.807) is 7.05 Å². The first kappa shape index (κ1) is 16.1. The molecule has 1 amide bonds. The number of rotatable bonds is 5. The highest BCUT2D eigenvalue weighted by Gasteiger charge is 2.15. The number of hydrogen-bond acceptors (Lipinski definition) is 3. The number of likely N-dealkylation sites (tertiary alicyclic amines) is 1. The van der Waals surface area contributed by atoms with Crippen LogP contribution in [0.25, 0.3) is 5.57 Å². The molecule has 5 heteroatoms. The van der Waals surface area contributed by atoms with Gasteiger partial charge in [0.15, 0.2) is 5.84 Å². The Morgan fingerprint density at radius 2 is 1.91 bits per heavy atom. The number of hydrogen-bond donors (Lipinski definition) is 1. The summed E-state index contributed by atoms with van der Waals surface area (Å²) in [5.74, 6) is 0.544. The Hall–Kier alpha value is -2.27. The van der Waals surface area contributed by atoms with Crippen LogP contribution in [0.3, 0.4) is 0 Å². The predicted molar refractivity (Wildman–Crippen MR) is 92.7 cm³/mol. The fourth-order valence-electron chi connectivity index (χ4n) is 2.53. The number of amidine groups is 1. The highest BCUT2D eigenvalue weighted by atomic mass is 16.2. The van der Waals surface area contributed by atoms with Gasteiger partial charge < -0.3 is 5.32 Å². The molecule has 5 nitrogen and oxygen atoms in total. The summed E-state index contributed by atoms with van der Waals surface area (Å²) in [5, 5.41) is 2.92. The van der Waals surface area contributed by atoms with E-state index >= 15 is 0 Å². The lowest BCUT2D eigenvalue weighted by Crippen LogP contribution is -2.30. The van der Waals surface area contributed by atoms with Crippen LogP contribution in [0.15, 0.2) is 40.8 Å². The van der Waals surface area contributed by atoms with Crippen molar-refractivity contribution in [1.82, 2.24) is 4.90 Å². The second kappa shape index (κ2) is 7.66. The molecule has 116 valence electrons. The van der Waals surface area contributed by atoms with E-state index in [1.165, 1.54) is 12.8 Å². The summed E-state index contributed by atoms with van der Waals surface area (Å²) in [6.07, 6.45) is 2.37. The Morgan fingerprint density at radius 3 is 2.45 bits per heavy atom. The summed E-state index contributed by atoms with van der Waals surface area (Å²) >= 11 is 0. The lowest BCUT2D eigenvalue weighted by molar-refractivity contribution is -0.117. The number of anilines is 1. The smallest absolute Gasteiger partial charge is 0.238 e. The standard InChI is InChI=1S/C17H22N4O/c1-13(17(18-2)19-3)14-6-8-15(9-7-14)20-16(22)12-21-10-4-5-11-21/h6-9H,1-2,4-5,10-12H2,3H3,(H,20,22). The van der Waals surface area contributed by atoms with E-state index in [0.717, 1.165) is 24.3 Å². The third kappa shape index (κ3) is 4.11. The Labute approximate surface area is 131 Å². The second-order valence-corrected chi connectivity index (χ2v) is 5.29. The van der Waals surface area contributed by atoms with Crippen molar-refractivity contribution < 1.29 is 4.79 Å². The van der Waals surface area contributed by atoms with E-state index in [9.17, 15) is 4.79 Å². The first-order valence-electron chi connectivity index (χ1n) is 7.39. The van der Waals surface area contributed by atoms with Crippen LogP contribution in [0.1, 0.15) is 18.4 Å². The van der Waals surface area contributed by atoms with E-state index in [-0.39, 0.29) is 5.91 Å². The van der Waals surface area contributed by atoms with Crippen LogP contribution < -0.4 is 5.32 Å². The molecule has 1 saturated heterocycles. The summed E-state index contributed by atoms with van der Waals surface area (Å²) in [7, 11) is 1.65. The molecule has 0 unspecified atom stereocenters. The normalized spacial score (nSPS) is 15.6. The SMILES string of the molecule is C=NC(=NC)C(=C)c1ccc(NC(=O)CN2CCCC2)cc1. The molecule has 0 radical (unpaired) electrons. The molecule has 1 heterocycles. The average Bonchev–Trinajstić information content (AvgIpc) is 3.02. The number of carbonyl (C=O) groups is 1. The molecule has 0 aliphatic carbocycles. The fourth-order valence-corrected chi connectivity index (χ4v) is 2.53. The summed E-state index contributed by atoms with van der Waals surface area (Å²) in [5.41, 5.74) is 2.40. The zero-order chi connectivity index (χ0) is 15.9. The van der Waals surface area contributed by atoms with Gasteiger partial charge in [-0.25, -0.2) is 4.99 Å². The van der Waals surface area contributed by atoms with Crippen molar-refractivity contribution in [3.8, 4) is 0 Å². The Morgan fingerprint density at radius 1 is 1.27 bits per heavy atom. The van der Waals surface area contributed by atoms with Gasteiger partial charge in [-0.15, -0.1) is 0 Å². The van der Waals surface area contributed by atoms with Crippen LogP contribution >= 0.6 is 0 Å². The highest BCUT2D eigenvalue weighted by Crippen LogP contribution is 2.18. The predicted octanol–water partition coefficient (Wildman–Crippen LogP) is 2.46. The molecule has 1 aliphatic heterocycles. The minimum atomic E-state index is 0.0250. The molecular formula is C17H22N4O. The third-order valence-corrected chi connectivity index (χ3v) is 3.71. The molecule has 1 N–H and O–H groups in total. The Kier molecular flexibility index (Phi) is 5.61. The second-order valence-electron chi connectivity index (χ2n) is 5.29. The van der Waals surface area contributed by atoms with Crippen molar-refractivity contribution >= 4 is 29.7 Å². The maximum atomic E-state index is 12.0. The third-order valence-electron chi connectivity index (χ3n) is 3.71. The van der Waals surface area contributed by atoms with Crippen molar-refractivity contribution in [2.24, 2.45) is 9.98 Å². The maximum absolute atomic E-state index is 12.0. The molecule has 0 bridgehead atoms. The topological polar surface area (TPSA) is 57.1 Å². The van der Waals surface area contributed by atoms with Crippen LogP contribution in [0.5, 0.6) is 0 Å². The number of nitrogens with one attached hydrogen (secondary N) is 1. The molecule has 0 aromatic heterocycles. The average molecular weight is 298 g/mol. The summed E-state index contributed by atoms with van der Waals surface area (Å²) in [4.78, 5) is 22.0. The Balaban J connectivity index is 1.95. The van der Waals surface area contributed by atoms with Crippen LogP contribution in [-0.4, -0.2) is 50.0 Å². The zero-order valence-corrected chi connectivity index (χ0v) is 13.0. The summed E-state index contributed by atoms with van der Waals surface area (Å²) in [6, 6.07) is 7.51. The molecular weight excluding hydrogens is 276 g/mol. The van der Waals surface area contributed by atoms with E-state index in [2.05, 4.69) is 33.5 Å². The Bertz CT molecular complexity index is 583. The van der Waals surface area contributed by atoms with Gasteiger partial charge >= 0.3 is 0 Å². The molecule has 2 rings (SSSR count). The minimum absolute atomic E-state index is 0.0250. The quantitative estimate of drug-likeness (QED) is 0.670. The van der Waals surface area contributed by atoms with Crippen LogP contribution in [0.2, 0.25) is 0 Å². The van der Waals surface area contributed by atoms with E-state index in [0.29, 0.717) is 18.0 Å². The largest absolute Gasteiger partial charge is 0.325 e. The van der Waals surface area contributed by atoms with E-state index in [1.807, 2.05) is 24.3 Å². The minimum Gasteiger partial charge on any atom is -0.325 e. The van der Waals surface area contributed by atoms with E-state index < -0.39 is 0 Å².